The predicted molar refractivity (Wildman–Crippen MR) is 85.5 cm³/mol. The fourth-order valence-corrected chi connectivity index (χ4v) is 3.11. The lowest BCUT2D eigenvalue weighted by Crippen LogP contribution is -2.53. The van der Waals surface area contributed by atoms with Gasteiger partial charge in [0.15, 0.2) is 0 Å². The average Bonchev–Trinajstić information content (AvgIpc) is 2.62. The van der Waals surface area contributed by atoms with Crippen molar-refractivity contribution in [2.75, 3.05) is 26.3 Å². The van der Waals surface area contributed by atoms with E-state index in [1.807, 2.05) is 48.5 Å². The zero-order chi connectivity index (χ0) is 15.4. The molecule has 1 aromatic heterocycles. The number of hydrogen-bond donors (Lipinski definition) is 1. The maximum absolute atomic E-state index is 11.6. The van der Waals surface area contributed by atoms with Crippen molar-refractivity contribution in [3.63, 3.8) is 0 Å². The van der Waals surface area contributed by atoms with E-state index in [1.54, 1.807) is 6.20 Å². The molecule has 2 atom stereocenters. The molecule has 116 valence electrons. The van der Waals surface area contributed by atoms with Gasteiger partial charge in [-0.05, 0) is 24.6 Å². The molecule has 1 aromatic carbocycles. The van der Waals surface area contributed by atoms with Crippen LogP contribution in [-0.4, -0.2) is 47.3 Å². The first-order chi connectivity index (χ1) is 10.7. The molecule has 0 aliphatic carbocycles. The van der Waals surface area contributed by atoms with Crippen LogP contribution in [0.1, 0.15) is 18.2 Å². The molecule has 22 heavy (non-hydrogen) atoms. The molecule has 4 heteroatoms. The predicted octanol–water partition coefficient (Wildman–Crippen LogP) is 2.04. The molecule has 0 saturated carbocycles. The first kappa shape index (κ1) is 15.2. The molecule has 0 spiro atoms. The van der Waals surface area contributed by atoms with Crippen LogP contribution in [0.5, 0.6) is 0 Å². The summed E-state index contributed by atoms with van der Waals surface area (Å²) in [6.45, 7) is 5.12. The van der Waals surface area contributed by atoms with Gasteiger partial charge in [0.05, 0.1) is 18.9 Å². The van der Waals surface area contributed by atoms with Crippen LogP contribution >= 0.6 is 0 Å². The summed E-state index contributed by atoms with van der Waals surface area (Å²) in [6.07, 6.45) is 1.73. The first-order valence-corrected chi connectivity index (χ1v) is 7.74. The lowest BCUT2D eigenvalue weighted by molar-refractivity contribution is -0.0550. The summed E-state index contributed by atoms with van der Waals surface area (Å²) in [7, 11) is 0. The summed E-state index contributed by atoms with van der Waals surface area (Å²) < 4.78 is 5.44. The third-order valence-corrected chi connectivity index (χ3v) is 4.47. The van der Waals surface area contributed by atoms with E-state index in [2.05, 4.69) is 16.8 Å². The van der Waals surface area contributed by atoms with Crippen molar-refractivity contribution in [2.24, 2.45) is 0 Å². The highest BCUT2D eigenvalue weighted by molar-refractivity contribution is 5.34. The molecule has 4 nitrogen and oxygen atoms in total. The van der Waals surface area contributed by atoms with E-state index >= 15 is 0 Å². The normalized spacial score (nSPS) is 20.3. The minimum Gasteiger partial charge on any atom is -0.379 e. The van der Waals surface area contributed by atoms with Crippen molar-refractivity contribution in [3.05, 3.63) is 66.0 Å². The van der Waals surface area contributed by atoms with E-state index in [9.17, 15) is 5.11 Å². The molecule has 3 rings (SSSR count). The number of benzene rings is 1. The van der Waals surface area contributed by atoms with Gasteiger partial charge in [-0.1, -0.05) is 36.4 Å². The number of aliphatic hydroxyl groups is 1. The second-order valence-electron chi connectivity index (χ2n) is 5.67. The molecule has 1 aliphatic rings. The highest BCUT2D eigenvalue weighted by Crippen LogP contribution is 2.34. The van der Waals surface area contributed by atoms with Crippen LogP contribution in [0.2, 0.25) is 0 Å². The third-order valence-electron chi connectivity index (χ3n) is 4.47. The van der Waals surface area contributed by atoms with Gasteiger partial charge >= 0.3 is 0 Å². The monoisotopic (exact) mass is 298 g/mol. The standard InChI is InChI=1S/C18H22N2O2/c1-15(20-11-13-22-14-12-20)18(21,16-7-3-2-4-8-16)17-9-5-6-10-19-17/h2-10,15,21H,11-14H2,1H3/t15-,18+/m1/s1. The zero-order valence-corrected chi connectivity index (χ0v) is 12.9. The molecule has 0 unspecified atom stereocenters. The summed E-state index contributed by atoms with van der Waals surface area (Å²) in [5.74, 6) is 0. The van der Waals surface area contributed by atoms with Crippen molar-refractivity contribution < 1.29 is 9.84 Å². The van der Waals surface area contributed by atoms with Crippen LogP contribution in [0.15, 0.2) is 54.7 Å². The summed E-state index contributed by atoms with van der Waals surface area (Å²) in [5, 5.41) is 11.6. The van der Waals surface area contributed by atoms with Crippen LogP contribution in [-0.2, 0) is 10.3 Å². The lowest BCUT2D eigenvalue weighted by Gasteiger charge is -2.42. The summed E-state index contributed by atoms with van der Waals surface area (Å²) in [6, 6.07) is 15.4. The van der Waals surface area contributed by atoms with E-state index < -0.39 is 5.60 Å². The Bertz CT molecular complexity index is 543. The van der Waals surface area contributed by atoms with E-state index in [0.717, 1.165) is 18.7 Å². The Kier molecular flexibility index (Phi) is 4.52. The number of aromatic nitrogens is 1. The van der Waals surface area contributed by atoms with Crippen LogP contribution in [0.3, 0.4) is 0 Å². The Labute approximate surface area is 131 Å². The number of pyridine rings is 1. The fraction of sp³-hybridized carbons (Fsp3) is 0.389. The van der Waals surface area contributed by atoms with Crippen molar-refractivity contribution in [1.82, 2.24) is 9.88 Å². The minimum atomic E-state index is -1.14. The van der Waals surface area contributed by atoms with Gasteiger partial charge in [-0.2, -0.15) is 0 Å². The molecule has 0 bridgehead atoms. The van der Waals surface area contributed by atoms with Gasteiger partial charge in [0.1, 0.15) is 5.60 Å². The second kappa shape index (κ2) is 6.57. The van der Waals surface area contributed by atoms with Gasteiger partial charge in [0.25, 0.3) is 0 Å². The number of ether oxygens (including phenoxy) is 1. The smallest absolute Gasteiger partial charge is 0.146 e. The molecule has 1 fully saturated rings. The van der Waals surface area contributed by atoms with Crippen LogP contribution in [0.4, 0.5) is 0 Å². The highest BCUT2D eigenvalue weighted by Gasteiger charge is 2.42. The Hall–Kier alpha value is -1.75. The van der Waals surface area contributed by atoms with E-state index in [4.69, 9.17) is 4.74 Å². The van der Waals surface area contributed by atoms with Gasteiger partial charge in [0, 0.05) is 25.3 Å². The zero-order valence-electron chi connectivity index (χ0n) is 12.9. The molecule has 2 heterocycles. The Morgan fingerprint density at radius 1 is 1.09 bits per heavy atom. The van der Waals surface area contributed by atoms with Crippen LogP contribution in [0.25, 0.3) is 0 Å². The fourth-order valence-electron chi connectivity index (χ4n) is 3.11. The number of nitrogens with zero attached hydrogens (tertiary/aromatic N) is 2. The molecular formula is C18H22N2O2. The lowest BCUT2D eigenvalue weighted by atomic mass is 9.82. The van der Waals surface area contributed by atoms with Gasteiger partial charge in [0.2, 0.25) is 0 Å². The first-order valence-electron chi connectivity index (χ1n) is 7.74. The molecule has 0 amide bonds. The second-order valence-corrected chi connectivity index (χ2v) is 5.67. The number of morpholine rings is 1. The van der Waals surface area contributed by atoms with Gasteiger partial charge in [-0.25, -0.2) is 0 Å². The largest absolute Gasteiger partial charge is 0.379 e. The molecule has 1 saturated heterocycles. The molecule has 0 radical (unpaired) electrons. The van der Waals surface area contributed by atoms with Crippen LogP contribution in [0, 0.1) is 0 Å². The SMILES string of the molecule is C[C@@H](N1CCOCC1)[C@](O)(c1ccccc1)c1ccccn1. The van der Waals surface area contributed by atoms with E-state index in [1.165, 1.54) is 0 Å². The molecule has 1 N–H and O–H groups in total. The van der Waals surface area contributed by atoms with Crippen molar-refractivity contribution >= 4 is 0 Å². The van der Waals surface area contributed by atoms with Crippen molar-refractivity contribution in [1.29, 1.82) is 0 Å². The Morgan fingerprint density at radius 2 is 1.77 bits per heavy atom. The summed E-state index contributed by atoms with van der Waals surface area (Å²) in [4.78, 5) is 6.70. The average molecular weight is 298 g/mol. The minimum absolute atomic E-state index is 0.0892. The quantitative estimate of drug-likeness (QED) is 0.938. The third kappa shape index (κ3) is 2.77. The van der Waals surface area contributed by atoms with Crippen molar-refractivity contribution in [3.8, 4) is 0 Å². The van der Waals surface area contributed by atoms with Crippen LogP contribution < -0.4 is 0 Å². The van der Waals surface area contributed by atoms with Gasteiger partial charge in [-0.3, -0.25) is 9.88 Å². The molecular weight excluding hydrogens is 276 g/mol. The van der Waals surface area contributed by atoms with E-state index in [-0.39, 0.29) is 6.04 Å². The topological polar surface area (TPSA) is 45.6 Å². The number of hydrogen-bond acceptors (Lipinski definition) is 4. The maximum Gasteiger partial charge on any atom is 0.146 e. The Morgan fingerprint density at radius 3 is 2.41 bits per heavy atom. The number of rotatable bonds is 4. The Balaban J connectivity index is 2.03. The maximum atomic E-state index is 11.6. The summed E-state index contributed by atoms with van der Waals surface area (Å²) in [5.41, 5.74) is 0.410. The van der Waals surface area contributed by atoms with Gasteiger partial charge < -0.3 is 9.84 Å². The summed E-state index contributed by atoms with van der Waals surface area (Å²) >= 11 is 0. The van der Waals surface area contributed by atoms with Gasteiger partial charge in [-0.15, -0.1) is 0 Å². The highest BCUT2D eigenvalue weighted by atomic mass is 16.5. The van der Waals surface area contributed by atoms with E-state index in [0.29, 0.717) is 18.9 Å². The molecule has 2 aromatic rings. The van der Waals surface area contributed by atoms with Crippen molar-refractivity contribution in [2.45, 2.75) is 18.6 Å². The molecule has 1 aliphatic heterocycles.